The van der Waals surface area contributed by atoms with Crippen molar-refractivity contribution in [3.63, 3.8) is 0 Å². The zero-order chi connectivity index (χ0) is 20.1. The van der Waals surface area contributed by atoms with Gasteiger partial charge in [0.1, 0.15) is 5.75 Å². The molecule has 0 saturated heterocycles. The monoisotopic (exact) mass is 398 g/mol. The van der Waals surface area contributed by atoms with Gasteiger partial charge in [0, 0.05) is 12.1 Å². The molecule has 0 saturated carbocycles. The maximum absolute atomic E-state index is 10.8. The number of hydrogen-bond donors (Lipinski definition) is 3. The highest BCUT2D eigenvalue weighted by Gasteiger charge is 2.21. The first-order valence-corrected chi connectivity index (χ1v) is 9.97. The summed E-state index contributed by atoms with van der Waals surface area (Å²) >= 11 is 5.59. The molecule has 0 amide bonds. The Hall–Kier alpha value is -3.37. The predicted molar refractivity (Wildman–Crippen MR) is 123 cm³/mol. The van der Waals surface area contributed by atoms with Crippen LogP contribution in [0, 0.1) is 0 Å². The van der Waals surface area contributed by atoms with Gasteiger partial charge in [0.15, 0.2) is 5.11 Å². The smallest absolute Gasteiger partial charge is 0.167 e. The van der Waals surface area contributed by atoms with E-state index in [-0.39, 0.29) is 11.8 Å². The van der Waals surface area contributed by atoms with Gasteiger partial charge in [0.05, 0.1) is 6.04 Å². The van der Waals surface area contributed by atoms with Crippen LogP contribution in [0.1, 0.15) is 22.7 Å². The molecule has 4 aromatic carbocycles. The molecule has 3 nitrogen and oxygen atoms in total. The predicted octanol–water partition coefficient (Wildman–Crippen LogP) is 5.30. The van der Waals surface area contributed by atoms with Crippen LogP contribution in [0.25, 0.3) is 10.8 Å². The quantitative estimate of drug-likeness (QED) is 0.399. The molecule has 0 aliphatic heterocycles. The molecule has 4 aromatic rings. The van der Waals surface area contributed by atoms with Gasteiger partial charge >= 0.3 is 0 Å². The van der Waals surface area contributed by atoms with E-state index in [0.29, 0.717) is 11.7 Å². The molecule has 0 spiro atoms. The van der Waals surface area contributed by atoms with Crippen molar-refractivity contribution in [1.29, 1.82) is 0 Å². The van der Waals surface area contributed by atoms with Crippen LogP contribution in [0.2, 0.25) is 0 Å². The normalized spacial score (nSPS) is 11.7. The van der Waals surface area contributed by atoms with Crippen molar-refractivity contribution in [3.05, 3.63) is 114 Å². The number of fused-ring (bicyclic) bond motifs is 1. The molecule has 0 aromatic heterocycles. The lowest BCUT2D eigenvalue weighted by Gasteiger charge is -2.24. The molecule has 0 bridgehead atoms. The summed E-state index contributed by atoms with van der Waals surface area (Å²) < 4.78 is 0. The second kappa shape index (κ2) is 8.76. The summed E-state index contributed by atoms with van der Waals surface area (Å²) in [6.45, 7) is 0.635. The number of benzene rings is 4. The van der Waals surface area contributed by atoms with Crippen LogP contribution in [0.5, 0.6) is 5.75 Å². The maximum Gasteiger partial charge on any atom is 0.167 e. The van der Waals surface area contributed by atoms with Crippen molar-refractivity contribution in [2.45, 2.75) is 12.6 Å². The Kier molecular flexibility index (Phi) is 5.73. The third kappa shape index (κ3) is 4.39. The van der Waals surface area contributed by atoms with Crippen molar-refractivity contribution < 1.29 is 5.11 Å². The molecule has 3 N–H and O–H groups in total. The lowest BCUT2D eigenvalue weighted by atomic mass is 9.93. The van der Waals surface area contributed by atoms with Crippen molar-refractivity contribution in [1.82, 2.24) is 10.6 Å². The number of aromatic hydroxyl groups is 1. The molecule has 4 heteroatoms. The molecular weight excluding hydrogens is 376 g/mol. The first-order valence-electron chi connectivity index (χ1n) is 9.56. The number of phenols is 1. The minimum Gasteiger partial charge on any atom is -0.508 e. The fourth-order valence-corrected chi connectivity index (χ4v) is 3.71. The zero-order valence-electron chi connectivity index (χ0n) is 15.9. The fraction of sp³-hybridized carbons (Fsp3) is 0.0800. The molecule has 0 aliphatic carbocycles. The topological polar surface area (TPSA) is 44.3 Å². The number of rotatable bonds is 5. The van der Waals surface area contributed by atoms with E-state index >= 15 is 0 Å². The molecule has 1 atom stereocenters. The van der Waals surface area contributed by atoms with Crippen LogP contribution in [0.15, 0.2) is 97.1 Å². The van der Waals surface area contributed by atoms with Crippen molar-refractivity contribution in [2.24, 2.45) is 0 Å². The molecule has 4 rings (SSSR count). The number of hydrogen-bond acceptors (Lipinski definition) is 2. The van der Waals surface area contributed by atoms with Crippen LogP contribution >= 0.6 is 12.2 Å². The van der Waals surface area contributed by atoms with E-state index in [0.717, 1.165) is 27.5 Å². The maximum atomic E-state index is 10.8. The molecular formula is C25H22N2OS. The number of thiocarbonyl (C=S) groups is 1. The van der Waals surface area contributed by atoms with Crippen molar-refractivity contribution >= 4 is 28.1 Å². The van der Waals surface area contributed by atoms with E-state index in [1.165, 1.54) is 0 Å². The van der Waals surface area contributed by atoms with Gasteiger partial charge in [0.25, 0.3) is 0 Å². The zero-order valence-corrected chi connectivity index (χ0v) is 16.7. The summed E-state index contributed by atoms with van der Waals surface area (Å²) in [5, 5.41) is 20.1. The van der Waals surface area contributed by atoms with Gasteiger partial charge in [-0.1, -0.05) is 91.0 Å². The van der Waals surface area contributed by atoms with E-state index in [9.17, 15) is 5.11 Å². The number of nitrogens with one attached hydrogen (secondary N) is 2. The van der Waals surface area contributed by atoms with Gasteiger partial charge in [-0.2, -0.15) is 0 Å². The lowest BCUT2D eigenvalue weighted by molar-refractivity contribution is 0.464. The minimum atomic E-state index is -0.280. The Morgan fingerprint density at radius 3 is 2.21 bits per heavy atom. The summed E-state index contributed by atoms with van der Waals surface area (Å²) in [7, 11) is 0. The summed E-state index contributed by atoms with van der Waals surface area (Å²) in [6, 6.07) is 31.6. The summed E-state index contributed by atoms with van der Waals surface area (Å²) in [5.74, 6) is 0.246. The Morgan fingerprint density at radius 1 is 0.793 bits per heavy atom. The first kappa shape index (κ1) is 19.0. The Labute approximate surface area is 176 Å². The van der Waals surface area contributed by atoms with E-state index in [1.54, 1.807) is 6.07 Å². The molecule has 0 heterocycles. The third-order valence-corrected chi connectivity index (χ3v) is 5.20. The molecule has 0 radical (unpaired) electrons. The fourth-order valence-electron chi connectivity index (χ4n) is 3.52. The SMILES string of the molecule is Oc1ccc2ccccc2c1[C@H](NC(=S)NCc1ccccc1)c1ccccc1. The largest absolute Gasteiger partial charge is 0.508 e. The Bertz CT molecular complexity index is 1110. The Morgan fingerprint density at radius 2 is 1.45 bits per heavy atom. The van der Waals surface area contributed by atoms with Gasteiger partial charge < -0.3 is 15.7 Å². The average Bonchev–Trinajstić information content (AvgIpc) is 2.78. The summed E-state index contributed by atoms with van der Waals surface area (Å²) in [5.41, 5.74) is 3.00. The Balaban J connectivity index is 1.67. The molecule has 29 heavy (non-hydrogen) atoms. The summed E-state index contributed by atoms with van der Waals surface area (Å²) in [6.07, 6.45) is 0. The van der Waals surface area contributed by atoms with E-state index < -0.39 is 0 Å². The molecule has 0 fully saturated rings. The van der Waals surface area contributed by atoms with Gasteiger partial charge in [-0.25, -0.2) is 0 Å². The van der Waals surface area contributed by atoms with E-state index in [2.05, 4.69) is 22.8 Å². The molecule has 144 valence electrons. The van der Waals surface area contributed by atoms with Crippen LogP contribution in [0.4, 0.5) is 0 Å². The van der Waals surface area contributed by atoms with Gasteiger partial charge in [-0.05, 0) is 40.2 Å². The van der Waals surface area contributed by atoms with Gasteiger partial charge in [0.2, 0.25) is 0 Å². The summed E-state index contributed by atoms with van der Waals surface area (Å²) in [4.78, 5) is 0. The molecule has 0 aliphatic rings. The standard InChI is InChI=1S/C25H22N2OS/c28-22-16-15-19-11-7-8-14-21(19)23(22)24(20-12-5-2-6-13-20)27-25(29)26-17-18-9-3-1-4-10-18/h1-16,24,28H,17H2,(H2,26,27,29)/t24-/m1/s1. The van der Waals surface area contributed by atoms with Crippen LogP contribution in [-0.2, 0) is 6.54 Å². The second-order valence-electron chi connectivity index (χ2n) is 6.88. The highest BCUT2D eigenvalue weighted by Crippen LogP contribution is 2.35. The van der Waals surface area contributed by atoms with Crippen molar-refractivity contribution in [2.75, 3.05) is 0 Å². The van der Waals surface area contributed by atoms with E-state index in [4.69, 9.17) is 12.2 Å². The molecule has 0 unspecified atom stereocenters. The van der Waals surface area contributed by atoms with Gasteiger partial charge in [-0.15, -0.1) is 0 Å². The third-order valence-electron chi connectivity index (χ3n) is 4.94. The van der Waals surface area contributed by atoms with Crippen molar-refractivity contribution in [3.8, 4) is 5.75 Å². The minimum absolute atomic E-state index is 0.246. The van der Waals surface area contributed by atoms with Crippen LogP contribution in [0.3, 0.4) is 0 Å². The second-order valence-corrected chi connectivity index (χ2v) is 7.28. The average molecular weight is 399 g/mol. The van der Waals surface area contributed by atoms with Crippen LogP contribution in [-0.4, -0.2) is 10.2 Å². The first-order chi connectivity index (χ1) is 14.2. The highest BCUT2D eigenvalue weighted by molar-refractivity contribution is 7.80. The highest BCUT2D eigenvalue weighted by atomic mass is 32.1. The van der Waals surface area contributed by atoms with E-state index in [1.807, 2.05) is 78.9 Å². The lowest BCUT2D eigenvalue weighted by Crippen LogP contribution is -2.37. The van der Waals surface area contributed by atoms with Crippen LogP contribution < -0.4 is 10.6 Å². The van der Waals surface area contributed by atoms with Gasteiger partial charge in [-0.3, -0.25) is 0 Å². The number of phenolic OH excluding ortho intramolecular Hbond substituents is 1.